The molecule has 1 aromatic heterocycles. The molecule has 0 bridgehead atoms. The van der Waals surface area contributed by atoms with E-state index in [4.69, 9.17) is 7.54 Å². The minimum Gasteiger partial charge on any atom is -0.390 e. The van der Waals surface area contributed by atoms with Crippen molar-refractivity contribution in [3.63, 3.8) is 0 Å². The number of nitrogens with one attached hydrogen (secondary N) is 1. The summed E-state index contributed by atoms with van der Waals surface area (Å²) in [6.45, 7) is 1.54. The van der Waals surface area contributed by atoms with Crippen LogP contribution in [0.15, 0.2) is 15.8 Å². The molecule has 2 rings (SSSR count). The molecule has 0 radical (unpaired) electrons. The lowest BCUT2D eigenvalue weighted by atomic mass is 10.2. The van der Waals surface area contributed by atoms with Crippen molar-refractivity contribution in [2.75, 3.05) is 0 Å². The Labute approximate surface area is 94.4 Å². The second-order valence-corrected chi connectivity index (χ2v) is 3.88. The second kappa shape index (κ2) is 3.88. The Hall–Kier alpha value is -1.40. The average molecular weight is 230 g/mol. The Kier molecular flexibility index (Phi) is 2.11. The van der Waals surface area contributed by atoms with Crippen LogP contribution >= 0.6 is 0 Å². The number of ether oxygens (including phenoxy) is 1. The molecule has 3 atom stereocenters. The Bertz CT molecular complexity index is 529. The number of hydrogen-bond donors (Lipinski definition) is 2. The molecule has 0 aliphatic carbocycles. The van der Waals surface area contributed by atoms with Gasteiger partial charge in [-0.25, -0.2) is 4.79 Å². The molecule has 2 heterocycles. The maximum absolute atomic E-state index is 11.7. The lowest BCUT2D eigenvalue weighted by molar-refractivity contribution is -0.0102. The standard InChI is InChI=1S/C10H14N2O4/c1-5-4-12(10(15)11-9(5)14)8-3-7(13)6(2)16-8/h4,6-8,13H,3H2,1-2H3,(H,11,14,15)/i2T,13T. The van der Waals surface area contributed by atoms with Crippen molar-refractivity contribution in [3.05, 3.63) is 32.6 Å². The van der Waals surface area contributed by atoms with E-state index in [9.17, 15) is 9.59 Å². The minimum atomic E-state index is -0.612. The van der Waals surface area contributed by atoms with E-state index in [1.165, 1.54) is 10.8 Å². The van der Waals surface area contributed by atoms with Crippen LogP contribution in [0, 0.1) is 6.92 Å². The Morgan fingerprint density at radius 3 is 3.19 bits per heavy atom. The molecule has 0 amide bonds. The quantitative estimate of drug-likeness (QED) is 0.718. The van der Waals surface area contributed by atoms with Crippen molar-refractivity contribution in [1.29, 1.82) is 1.43 Å². The lowest BCUT2D eigenvalue weighted by Gasteiger charge is -2.13. The number of aliphatic hydroxyl groups excluding tert-OH is 1. The summed E-state index contributed by atoms with van der Waals surface area (Å²) in [4.78, 5) is 25.1. The summed E-state index contributed by atoms with van der Waals surface area (Å²) in [6.07, 6.45) is 0.0365. The van der Waals surface area contributed by atoms with Crippen molar-refractivity contribution >= 4 is 0 Å². The third kappa shape index (κ3) is 1.81. The van der Waals surface area contributed by atoms with Crippen LogP contribution in [0.4, 0.5) is 0 Å². The van der Waals surface area contributed by atoms with Crippen LogP contribution in [0.2, 0.25) is 0 Å². The molecular weight excluding hydrogens is 212 g/mol. The van der Waals surface area contributed by atoms with E-state index < -0.39 is 29.7 Å². The van der Waals surface area contributed by atoms with Gasteiger partial charge in [0, 0.05) is 19.6 Å². The topological polar surface area (TPSA) is 84.3 Å². The molecule has 1 saturated heterocycles. The average Bonchev–Trinajstić information content (AvgIpc) is 2.76. The lowest BCUT2D eigenvalue weighted by Crippen LogP contribution is -2.33. The number of aliphatic hydroxyl groups is 1. The van der Waals surface area contributed by atoms with E-state index in [-0.39, 0.29) is 6.90 Å². The number of rotatable bonds is 2. The first-order valence-corrected chi connectivity index (χ1v) is 4.95. The van der Waals surface area contributed by atoms with Gasteiger partial charge < -0.3 is 9.85 Å². The number of nitrogens with zero attached hydrogens (tertiary/aromatic N) is 1. The number of aromatic nitrogens is 2. The molecule has 6 heteroatoms. The minimum absolute atomic E-state index is 0.0445. The molecule has 6 nitrogen and oxygen atoms in total. The van der Waals surface area contributed by atoms with Gasteiger partial charge in [0.1, 0.15) is 6.23 Å². The van der Waals surface area contributed by atoms with Crippen molar-refractivity contribution in [2.24, 2.45) is 0 Å². The van der Waals surface area contributed by atoms with Crippen LogP contribution < -0.4 is 11.2 Å². The summed E-state index contributed by atoms with van der Waals surface area (Å²) in [5, 5.41) is 4.48. The summed E-state index contributed by atoms with van der Waals surface area (Å²) in [7, 11) is 0. The third-order valence-corrected chi connectivity index (χ3v) is 2.64. The van der Waals surface area contributed by atoms with Gasteiger partial charge in [0.25, 0.3) is 5.56 Å². The fourth-order valence-corrected chi connectivity index (χ4v) is 1.67. The zero-order chi connectivity index (χ0) is 13.3. The summed E-state index contributed by atoms with van der Waals surface area (Å²) in [5.74, 6) is 0. The van der Waals surface area contributed by atoms with E-state index in [1.54, 1.807) is 6.92 Å². The fraction of sp³-hybridized carbons (Fsp3) is 0.600. The fourth-order valence-electron chi connectivity index (χ4n) is 1.67. The molecule has 0 spiro atoms. The van der Waals surface area contributed by atoms with E-state index in [2.05, 4.69) is 10.1 Å². The summed E-state index contributed by atoms with van der Waals surface area (Å²) in [5.41, 5.74) is -0.597. The van der Waals surface area contributed by atoms with E-state index >= 15 is 0 Å². The van der Waals surface area contributed by atoms with Gasteiger partial charge >= 0.3 is 5.69 Å². The predicted molar refractivity (Wildman–Crippen MR) is 56.3 cm³/mol. The highest BCUT2D eigenvalue weighted by atomic mass is 16.5. The maximum atomic E-state index is 11.7. The number of aromatic amines is 1. The van der Waals surface area contributed by atoms with Gasteiger partial charge in [0.15, 0.2) is 0 Å². The highest BCUT2D eigenvalue weighted by Crippen LogP contribution is 2.26. The van der Waals surface area contributed by atoms with E-state index in [0.717, 1.165) is 0 Å². The number of aryl methyl sites for hydroxylation is 1. The SMILES string of the molecule is [3H]CC1OC(n2cc(C)c(=O)[nH]c2=O)CC1O[3H]. The van der Waals surface area contributed by atoms with Crippen molar-refractivity contribution in [1.82, 2.24) is 9.55 Å². The highest BCUT2D eigenvalue weighted by molar-refractivity contribution is 5.01. The van der Waals surface area contributed by atoms with Gasteiger partial charge in [0.05, 0.1) is 12.2 Å². The van der Waals surface area contributed by atoms with Gasteiger partial charge in [-0.3, -0.25) is 14.3 Å². The largest absolute Gasteiger partial charge is 0.390 e. The molecule has 2 N–H and O–H groups in total. The molecule has 3 unspecified atom stereocenters. The normalized spacial score (nSPS) is 31.2. The van der Waals surface area contributed by atoms with Gasteiger partial charge in [-0.2, -0.15) is 0 Å². The van der Waals surface area contributed by atoms with Crippen LogP contribution in [0.1, 0.15) is 26.5 Å². The second-order valence-electron chi connectivity index (χ2n) is 3.88. The third-order valence-electron chi connectivity index (χ3n) is 2.64. The molecule has 1 aliphatic heterocycles. The molecule has 1 fully saturated rings. The summed E-state index contributed by atoms with van der Waals surface area (Å²) >= 11 is 0. The zero-order valence-electron chi connectivity index (χ0n) is 10.8. The molecule has 16 heavy (non-hydrogen) atoms. The van der Waals surface area contributed by atoms with E-state index in [0.29, 0.717) is 12.0 Å². The molecule has 0 aromatic carbocycles. The predicted octanol–water partition coefficient (Wildman–Crippen LogP) is -0.487. The van der Waals surface area contributed by atoms with Crippen LogP contribution in [-0.2, 0) is 4.74 Å². The molecular formula is C10H14N2O4. The first-order chi connectivity index (χ1) is 8.56. The first kappa shape index (κ1) is 8.72. The van der Waals surface area contributed by atoms with E-state index in [1.807, 2.05) is 0 Å². The Balaban J connectivity index is 2.31. The van der Waals surface area contributed by atoms with Crippen LogP contribution in [0.3, 0.4) is 0 Å². The van der Waals surface area contributed by atoms with Crippen molar-refractivity contribution in [2.45, 2.75) is 38.7 Å². The van der Waals surface area contributed by atoms with Crippen LogP contribution in [0.25, 0.3) is 0 Å². The first-order valence-electron chi connectivity index (χ1n) is 6.07. The van der Waals surface area contributed by atoms with Gasteiger partial charge in [-0.15, -0.1) is 0 Å². The van der Waals surface area contributed by atoms with Gasteiger partial charge in [-0.05, 0) is 13.8 Å². The number of hydrogen-bond acceptors (Lipinski definition) is 4. The van der Waals surface area contributed by atoms with Gasteiger partial charge in [0.2, 0.25) is 1.43 Å². The molecule has 0 saturated carbocycles. The van der Waals surface area contributed by atoms with Crippen molar-refractivity contribution < 1.29 is 11.2 Å². The smallest absolute Gasteiger partial charge is 0.330 e. The Morgan fingerprint density at radius 2 is 2.56 bits per heavy atom. The zero-order valence-corrected chi connectivity index (χ0v) is 8.80. The van der Waals surface area contributed by atoms with Crippen molar-refractivity contribution in [3.8, 4) is 0 Å². The highest BCUT2D eigenvalue weighted by Gasteiger charge is 2.32. The molecule has 1 aliphatic rings. The monoisotopic (exact) mass is 230 g/mol. The Morgan fingerprint density at radius 1 is 1.75 bits per heavy atom. The van der Waals surface area contributed by atoms with Crippen LogP contribution in [-0.4, -0.2) is 28.3 Å². The van der Waals surface area contributed by atoms with Crippen LogP contribution in [0.5, 0.6) is 0 Å². The molecule has 88 valence electrons. The summed E-state index contributed by atoms with van der Waals surface area (Å²) < 4.78 is 20.9. The maximum Gasteiger partial charge on any atom is 0.330 e. The summed E-state index contributed by atoms with van der Waals surface area (Å²) in [6, 6.07) is 0. The van der Waals surface area contributed by atoms with Gasteiger partial charge in [-0.1, -0.05) is 0 Å². The number of H-pyrrole nitrogens is 1. The molecule has 1 aromatic rings.